The quantitative estimate of drug-likeness (QED) is 0.723. The molecule has 0 amide bonds. The van der Waals surface area contributed by atoms with Gasteiger partial charge in [0.05, 0.1) is 19.4 Å². The molecule has 0 saturated heterocycles. The van der Waals surface area contributed by atoms with Crippen molar-refractivity contribution in [3.8, 4) is 5.75 Å². The fourth-order valence-electron chi connectivity index (χ4n) is 2.93. The SMILES string of the molecule is COc1ccc(C2=NNc3nc4c(c(=O)n(C)c(=O)n4C)n3C2)cc1. The van der Waals surface area contributed by atoms with E-state index in [9.17, 15) is 9.59 Å². The molecule has 128 valence electrons. The lowest BCUT2D eigenvalue weighted by molar-refractivity contribution is 0.415. The minimum atomic E-state index is -0.413. The first-order chi connectivity index (χ1) is 12.0. The number of imidazole rings is 1. The molecule has 0 spiro atoms. The van der Waals surface area contributed by atoms with Crippen LogP contribution in [0.3, 0.4) is 0 Å². The van der Waals surface area contributed by atoms with Crippen LogP contribution in [0.2, 0.25) is 0 Å². The molecule has 9 nitrogen and oxygen atoms in total. The van der Waals surface area contributed by atoms with Crippen LogP contribution in [-0.4, -0.2) is 31.5 Å². The van der Waals surface area contributed by atoms with E-state index in [4.69, 9.17) is 4.74 Å². The van der Waals surface area contributed by atoms with Crippen LogP contribution in [0, 0.1) is 0 Å². The minimum absolute atomic E-state index is 0.335. The third kappa shape index (κ3) is 2.16. The lowest BCUT2D eigenvalue weighted by atomic mass is 10.1. The molecule has 0 radical (unpaired) electrons. The summed E-state index contributed by atoms with van der Waals surface area (Å²) in [7, 11) is 4.66. The van der Waals surface area contributed by atoms with E-state index in [-0.39, 0.29) is 5.56 Å². The number of anilines is 1. The predicted molar refractivity (Wildman–Crippen MR) is 93.4 cm³/mol. The summed E-state index contributed by atoms with van der Waals surface area (Å²) in [5.74, 6) is 1.19. The van der Waals surface area contributed by atoms with Crippen molar-refractivity contribution in [2.45, 2.75) is 6.54 Å². The van der Waals surface area contributed by atoms with Gasteiger partial charge in [-0.25, -0.2) is 10.2 Å². The summed E-state index contributed by atoms with van der Waals surface area (Å²) in [5, 5.41) is 4.34. The van der Waals surface area contributed by atoms with Gasteiger partial charge >= 0.3 is 5.69 Å². The van der Waals surface area contributed by atoms with E-state index in [2.05, 4.69) is 15.5 Å². The summed E-state index contributed by atoms with van der Waals surface area (Å²) in [6, 6.07) is 7.50. The number of ether oxygens (including phenoxy) is 1. The van der Waals surface area contributed by atoms with Gasteiger partial charge in [-0.1, -0.05) is 0 Å². The highest BCUT2D eigenvalue weighted by molar-refractivity contribution is 6.02. The van der Waals surface area contributed by atoms with Gasteiger partial charge in [-0.05, 0) is 29.8 Å². The summed E-state index contributed by atoms with van der Waals surface area (Å²) in [5.41, 5.74) is 4.44. The Morgan fingerprint density at radius 2 is 1.84 bits per heavy atom. The van der Waals surface area contributed by atoms with Gasteiger partial charge in [-0.15, -0.1) is 0 Å². The van der Waals surface area contributed by atoms with Crippen LogP contribution in [0.15, 0.2) is 39.0 Å². The molecule has 0 fully saturated rings. The lowest BCUT2D eigenvalue weighted by Gasteiger charge is -2.16. The van der Waals surface area contributed by atoms with Crippen molar-refractivity contribution < 1.29 is 4.74 Å². The van der Waals surface area contributed by atoms with Crippen molar-refractivity contribution in [2.75, 3.05) is 12.5 Å². The van der Waals surface area contributed by atoms with Crippen LogP contribution in [0.4, 0.5) is 5.95 Å². The summed E-state index contributed by atoms with van der Waals surface area (Å²) < 4.78 is 9.34. The lowest BCUT2D eigenvalue weighted by Crippen LogP contribution is -2.38. The van der Waals surface area contributed by atoms with Crippen molar-refractivity contribution in [1.82, 2.24) is 18.7 Å². The first kappa shape index (κ1) is 15.2. The smallest absolute Gasteiger partial charge is 0.332 e. The maximum atomic E-state index is 12.6. The van der Waals surface area contributed by atoms with Crippen LogP contribution < -0.4 is 21.4 Å². The summed E-state index contributed by atoms with van der Waals surface area (Å²) >= 11 is 0. The highest BCUT2D eigenvalue weighted by Crippen LogP contribution is 2.21. The maximum Gasteiger partial charge on any atom is 0.332 e. The topological polar surface area (TPSA) is 95.4 Å². The van der Waals surface area contributed by atoms with E-state index in [0.717, 1.165) is 21.6 Å². The van der Waals surface area contributed by atoms with Gasteiger partial charge in [0.25, 0.3) is 5.56 Å². The second kappa shape index (κ2) is 5.33. The molecule has 1 aromatic carbocycles. The molecule has 0 atom stereocenters. The Morgan fingerprint density at radius 1 is 1.12 bits per heavy atom. The standard InChI is InChI=1S/C16H16N6O3/c1-20-13-12(14(23)21(2)16(20)24)22-8-11(18-19-15(22)17-13)9-4-6-10(25-3)7-5-9/h4-7H,8H2,1-3H3,(H,17,19). The average molecular weight is 340 g/mol. The Hall–Kier alpha value is -3.36. The number of aryl methyl sites for hydroxylation is 1. The molecule has 4 rings (SSSR count). The van der Waals surface area contributed by atoms with E-state index in [1.54, 1.807) is 18.7 Å². The second-order valence-corrected chi connectivity index (χ2v) is 5.80. The van der Waals surface area contributed by atoms with Crippen molar-refractivity contribution in [1.29, 1.82) is 0 Å². The van der Waals surface area contributed by atoms with Crippen molar-refractivity contribution in [3.63, 3.8) is 0 Å². The number of rotatable bonds is 2. The molecule has 0 unspecified atom stereocenters. The van der Waals surface area contributed by atoms with Gasteiger partial charge in [0, 0.05) is 14.1 Å². The van der Waals surface area contributed by atoms with E-state index < -0.39 is 5.69 Å². The number of benzene rings is 1. The Bertz CT molecular complexity index is 1130. The number of nitrogens with zero attached hydrogens (tertiary/aromatic N) is 5. The number of hydrogen-bond acceptors (Lipinski definition) is 6. The summed E-state index contributed by atoms with van der Waals surface area (Å²) in [4.78, 5) is 29.0. The summed E-state index contributed by atoms with van der Waals surface area (Å²) in [6.07, 6.45) is 0. The maximum absolute atomic E-state index is 12.6. The largest absolute Gasteiger partial charge is 0.497 e. The third-order valence-electron chi connectivity index (χ3n) is 4.37. The van der Waals surface area contributed by atoms with Crippen LogP contribution in [0.5, 0.6) is 5.75 Å². The molecule has 9 heteroatoms. The zero-order valence-corrected chi connectivity index (χ0v) is 14.0. The monoisotopic (exact) mass is 340 g/mol. The first-order valence-electron chi connectivity index (χ1n) is 7.64. The predicted octanol–water partition coefficient (Wildman–Crippen LogP) is 0.272. The second-order valence-electron chi connectivity index (χ2n) is 5.80. The van der Waals surface area contributed by atoms with E-state index in [1.807, 2.05) is 24.3 Å². The molecule has 1 aliphatic heterocycles. The molecule has 3 aromatic rings. The van der Waals surface area contributed by atoms with Gasteiger partial charge in [0.15, 0.2) is 11.2 Å². The highest BCUT2D eigenvalue weighted by atomic mass is 16.5. The molecule has 3 heterocycles. The van der Waals surface area contributed by atoms with E-state index in [0.29, 0.717) is 23.7 Å². The molecule has 1 aliphatic rings. The van der Waals surface area contributed by atoms with E-state index in [1.165, 1.54) is 11.6 Å². The van der Waals surface area contributed by atoms with Gasteiger partial charge < -0.3 is 4.74 Å². The van der Waals surface area contributed by atoms with Crippen LogP contribution in [0.25, 0.3) is 11.2 Å². The third-order valence-corrected chi connectivity index (χ3v) is 4.37. The first-order valence-corrected chi connectivity index (χ1v) is 7.64. The molecular weight excluding hydrogens is 324 g/mol. The van der Waals surface area contributed by atoms with Crippen molar-refractivity contribution >= 4 is 22.8 Å². The number of methoxy groups -OCH3 is 1. The molecule has 2 aromatic heterocycles. The van der Waals surface area contributed by atoms with E-state index >= 15 is 0 Å². The number of fused-ring (bicyclic) bond motifs is 3. The highest BCUT2D eigenvalue weighted by Gasteiger charge is 2.23. The number of aromatic nitrogens is 4. The molecule has 1 N–H and O–H groups in total. The van der Waals surface area contributed by atoms with Gasteiger partial charge in [-0.2, -0.15) is 10.1 Å². The average Bonchev–Trinajstić information content (AvgIpc) is 3.03. The molecular formula is C16H16N6O3. The molecule has 0 aliphatic carbocycles. The van der Waals surface area contributed by atoms with Crippen molar-refractivity contribution in [3.05, 3.63) is 50.7 Å². The van der Waals surface area contributed by atoms with Crippen LogP contribution in [-0.2, 0) is 20.6 Å². The van der Waals surface area contributed by atoms with Gasteiger partial charge in [0.2, 0.25) is 5.95 Å². The number of hydrogen-bond donors (Lipinski definition) is 1. The zero-order valence-electron chi connectivity index (χ0n) is 14.0. The fraction of sp³-hybridized carbons (Fsp3) is 0.250. The normalized spacial score (nSPS) is 13.3. The minimum Gasteiger partial charge on any atom is -0.497 e. The Balaban J connectivity index is 1.85. The number of hydrazone groups is 1. The zero-order chi connectivity index (χ0) is 17.7. The fourth-order valence-corrected chi connectivity index (χ4v) is 2.93. The molecule has 0 bridgehead atoms. The van der Waals surface area contributed by atoms with Gasteiger partial charge in [0.1, 0.15) is 5.75 Å². The van der Waals surface area contributed by atoms with Crippen LogP contribution in [0.1, 0.15) is 5.56 Å². The van der Waals surface area contributed by atoms with Crippen LogP contribution >= 0.6 is 0 Å². The Kier molecular flexibility index (Phi) is 3.24. The molecule has 0 saturated carbocycles. The number of nitrogens with one attached hydrogen (secondary N) is 1. The Morgan fingerprint density at radius 3 is 2.52 bits per heavy atom. The molecule has 25 heavy (non-hydrogen) atoms. The Labute approximate surface area is 141 Å². The van der Waals surface area contributed by atoms with Crippen molar-refractivity contribution in [2.24, 2.45) is 19.2 Å². The summed E-state index contributed by atoms with van der Waals surface area (Å²) in [6.45, 7) is 0.374. The van der Waals surface area contributed by atoms with Gasteiger partial charge in [-0.3, -0.25) is 18.5 Å².